The Labute approximate surface area is 164 Å². The number of nitrogens with one attached hydrogen (secondary N) is 2. The van der Waals surface area contributed by atoms with Crippen LogP contribution in [0.4, 0.5) is 0 Å². The van der Waals surface area contributed by atoms with E-state index in [1.54, 1.807) is 4.90 Å². The highest BCUT2D eigenvalue weighted by molar-refractivity contribution is 6.05. The number of rotatable bonds is 3. The van der Waals surface area contributed by atoms with Gasteiger partial charge in [0.1, 0.15) is 6.04 Å². The van der Waals surface area contributed by atoms with Crippen LogP contribution in [0.2, 0.25) is 0 Å². The Balaban J connectivity index is 1.26. The number of amides is 3. The smallest absolute Gasteiger partial charge is 0.255 e. The van der Waals surface area contributed by atoms with Crippen molar-refractivity contribution in [2.24, 2.45) is 0 Å². The minimum Gasteiger partial charge on any atom is -0.322 e. The summed E-state index contributed by atoms with van der Waals surface area (Å²) in [5.41, 5.74) is 3.00. The lowest BCUT2D eigenvalue weighted by Gasteiger charge is -2.46. The van der Waals surface area contributed by atoms with Gasteiger partial charge in [-0.1, -0.05) is 12.1 Å². The van der Waals surface area contributed by atoms with Crippen LogP contribution in [0.3, 0.4) is 0 Å². The van der Waals surface area contributed by atoms with Crippen molar-refractivity contribution in [3.05, 3.63) is 34.9 Å². The SMILES string of the molecule is O=C1CCC(N2Cc3cc(C4CN(C5CCNCC5)C4)ccc3C2=O)C(=O)N1. The van der Waals surface area contributed by atoms with Gasteiger partial charge in [0.25, 0.3) is 5.91 Å². The van der Waals surface area contributed by atoms with Crippen LogP contribution in [0.25, 0.3) is 0 Å². The first-order chi connectivity index (χ1) is 13.6. The molecule has 3 fully saturated rings. The van der Waals surface area contributed by atoms with Crippen molar-refractivity contribution in [2.45, 2.75) is 50.2 Å². The van der Waals surface area contributed by atoms with Gasteiger partial charge >= 0.3 is 0 Å². The third-order valence-corrected chi connectivity index (χ3v) is 6.75. The fourth-order valence-corrected chi connectivity index (χ4v) is 5.04. The zero-order valence-electron chi connectivity index (χ0n) is 15.9. The number of fused-ring (bicyclic) bond motifs is 1. The molecule has 2 N–H and O–H groups in total. The maximum Gasteiger partial charge on any atom is 0.255 e. The topological polar surface area (TPSA) is 81.8 Å². The van der Waals surface area contributed by atoms with E-state index in [0.717, 1.165) is 31.7 Å². The molecule has 0 spiro atoms. The maximum atomic E-state index is 12.8. The zero-order valence-corrected chi connectivity index (χ0v) is 15.9. The van der Waals surface area contributed by atoms with Crippen LogP contribution < -0.4 is 10.6 Å². The molecule has 1 aromatic carbocycles. The third kappa shape index (κ3) is 3.02. The lowest BCUT2D eigenvalue weighted by molar-refractivity contribution is -0.136. The highest BCUT2D eigenvalue weighted by Crippen LogP contribution is 2.34. The highest BCUT2D eigenvalue weighted by Gasteiger charge is 2.40. The Morgan fingerprint density at radius 2 is 1.79 bits per heavy atom. The van der Waals surface area contributed by atoms with Crippen LogP contribution in [-0.4, -0.2) is 65.8 Å². The van der Waals surface area contributed by atoms with Gasteiger partial charge in [-0.25, -0.2) is 0 Å². The van der Waals surface area contributed by atoms with Gasteiger partial charge in [0, 0.05) is 43.6 Å². The Morgan fingerprint density at radius 3 is 2.54 bits per heavy atom. The van der Waals surface area contributed by atoms with Gasteiger partial charge in [-0.2, -0.15) is 0 Å². The van der Waals surface area contributed by atoms with E-state index < -0.39 is 6.04 Å². The fraction of sp³-hybridized carbons (Fsp3) is 0.571. The van der Waals surface area contributed by atoms with Gasteiger partial charge in [-0.05, 0) is 49.5 Å². The molecule has 3 saturated heterocycles. The van der Waals surface area contributed by atoms with E-state index in [0.29, 0.717) is 30.5 Å². The quantitative estimate of drug-likeness (QED) is 0.749. The van der Waals surface area contributed by atoms with Crippen LogP contribution in [0.15, 0.2) is 18.2 Å². The number of nitrogens with zero attached hydrogens (tertiary/aromatic N) is 2. The number of likely N-dealkylation sites (tertiary alicyclic amines) is 1. The van der Waals surface area contributed by atoms with Crippen molar-refractivity contribution in [3.8, 4) is 0 Å². The Bertz CT molecular complexity index is 827. The molecule has 7 nitrogen and oxygen atoms in total. The van der Waals surface area contributed by atoms with E-state index in [1.165, 1.54) is 18.4 Å². The lowest BCUT2D eigenvalue weighted by atomic mass is 9.87. The second-order valence-electron chi connectivity index (χ2n) is 8.45. The summed E-state index contributed by atoms with van der Waals surface area (Å²) in [7, 11) is 0. The molecular weight excluding hydrogens is 356 g/mol. The van der Waals surface area contributed by atoms with E-state index in [-0.39, 0.29) is 24.1 Å². The summed E-state index contributed by atoms with van der Waals surface area (Å²) in [6.07, 6.45) is 3.15. The first-order valence-corrected chi connectivity index (χ1v) is 10.3. The molecule has 0 aliphatic carbocycles. The van der Waals surface area contributed by atoms with Gasteiger partial charge in [0.05, 0.1) is 0 Å². The molecule has 5 rings (SSSR count). The van der Waals surface area contributed by atoms with E-state index in [1.807, 2.05) is 6.07 Å². The molecule has 1 aromatic rings. The van der Waals surface area contributed by atoms with Crippen LogP contribution in [0, 0.1) is 0 Å². The number of imide groups is 1. The lowest BCUT2D eigenvalue weighted by Crippen LogP contribution is -2.53. The second-order valence-corrected chi connectivity index (χ2v) is 8.45. The van der Waals surface area contributed by atoms with Crippen LogP contribution in [-0.2, 0) is 16.1 Å². The first-order valence-electron chi connectivity index (χ1n) is 10.3. The average Bonchev–Trinajstić information content (AvgIpc) is 2.97. The van der Waals surface area contributed by atoms with E-state index in [4.69, 9.17) is 0 Å². The number of carbonyl (C=O) groups excluding carboxylic acids is 3. The standard InChI is InChI=1S/C21H26N4O3/c26-19-4-3-18(20(27)23-19)25-12-14-9-13(1-2-17(14)21(25)28)15-10-24(11-15)16-5-7-22-8-6-16/h1-2,9,15-16,18,22H,3-8,10-12H2,(H,23,26,27). The largest absolute Gasteiger partial charge is 0.322 e. The number of benzene rings is 1. The van der Waals surface area contributed by atoms with Crippen molar-refractivity contribution in [3.63, 3.8) is 0 Å². The molecule has 1 atom stereocenters. The predicted molar refractivity (Wildman–Crippen MR) is 103 cm³/mol. The zero-order chi connectivity index (χ0) is 19.3. The molecular formula is C21H26N4O3. The summed E-state index contributed by atoms with van der Waals surface area (Å²) in [6, 6.07) is 6.32. The van der Waals surface area contributed by atoms with Crippen molar-refractivity contribution in [2.75, 3.05) is 26.2 Å². The molecule has 148 valence electrons. The van der Waals surface area contributed by atoms with Crippen molar-refractivity contribution in [1.82, 2.24) is 20.4 Å². The maximum absolute atomic E-state index is 12.8. The Morgan fingerprint density at radius 1 is 1.00 bits per heavy atom. The molecule has 1 unspecified atom stereocenters. The van der Waals surface area contributed by atoms with Gasteiger partial charge in [0.15, 0.2) is 0 Å². The van der Waals surface area contributed by atoms with Crippen molar-refractivity contribution in [1.29, 1.82) is 0 Å². The van der Waals surface area contributed by atoms with E-state index in [9.17, 15) is 14.4 Å². The molecule has 0 aromatic heterocycles. The first kappa shape index (κ1) is 17.8. The van der Waals surface area contributed by atoms with Gasteiger partial charge < -0.3 is 10.2 Å². The summed E-state index contributed by atoms with van der Waals surface area (Å²) in [5, 5.41) is 5.78. The molecule has 3 amide bonds. The molecule has 7 heteroatoms. The molecule has 0 saturated carbocycles. The normalized spacial score (nSPS) is 26.9. The molecule has 0 bridgehead atoms. The summed E-state index contributed by atoms with van der Waals surface area (Å²) in [4.78, 5) is 40.6. The van der Waals surface area contributed by atoms with E-state index >= 15 is 0 Å². The predicted octanol–water partition coefficient (Wildman–Crippen LogP) is 0.599. The van der Waals surface area contributed by atoms with Gasteiger partial charge in [0.2, 0.25) is 11.8 Å². The van der Waals surface area contributed by atoms with E-state index in [2.05, 4.69) is 27.7 Å². The van der Waals surface area contributed by atoms with Crippen molar-refractivity contribution < 1.29 is 14.4 Å². The molecule has 4 heterocycles. The number of piperidine rings is 2. The minimum atomic E-state index is -0.542. The summed E-state index contributed by atoms with van der Waals surface area (Å²) >= 11 is 0. The van der Waals surface area contributed by atoms with Crippen LogP contribution in [0.1, 0.15) is 53.1 Å². The molecule has 0 radical (unpaired) electrons. The Kier molecular flexibility index (Phi) is 4.44. The fourth-order valence-electron chi connectivity index (χ4n) is 5.04. The second kappa shape index (κ2) is 6.97. The van der Waals surface area contributed by atoms with Crippen molar-refractivity contribution >= 4 is 17.7 Å². The summed E-state index contributed by atoms with van der Waals surface area (Å²) < 4.78 is 0. The highest BCUT2D eigenvalue weighted by atomic mass is 16.2. The van der Waals surface area contributed by atoms with Gasteiger partial charge in [-0.15, -0.1) is 0 Å². The number of hydrogen-bond acceptors (Lipinski definition) is 5. The monoisotopic (exact) mass is 382 g/mol. The Hall–Kier alpha value is -2.25. The summed E-state index contributed by atoms with van der Waals surface area (Å²) in [5.74, 6) is -0.175. The van der Waals surface area contributed by atoms with Crippen LogP contribution >= 0.6 is 0 Å². The third-order valence-electron chi connectivity index (χ3n) is 6.75. The molecule has 4 aliphatic heterocycles. The van der Waals surface area contributed by atoms with Gasteiger partial charge in [-0.3, -0.25) is 24.6 Å². The number of carbonyl (C=O) groups is 3. The average molecular weight is 382 g/mol. The minimum absolute atomic E-state index is 0.0963. The summed E-state index contributed by atoms with van der Waals surface area (Å²) in [6.45, 7) is 4.87. The van der Waals surface area contributed by atoms with Crippen LogP contribution in [0.5, 0.6) is 0 Å². The number of hydrogen-bond donors (Lipinski definition) is 2. The molecule has 28 heavy (non-hydrogen) atoms. The molecule has 4 aliphatic rings.